The zero-order valence-corrected chi connectivity index (χ0v) is 17.7. The number of para-hydroxylation sites is 1. The molecule has 5 heteroatoms. The molecule has 5 nitrogen and oxygen atoms in total. The van der Waals surface area contributed by atoms with Crippen molar-refractivity contribution in [1.82, 2.24) is 9.80 Å². The van der Waals surface area contributed by atoms with Gasteiger partial charge in [-0.1, -0.05) is 50.2 Å². The second-order valence-corrected chi connectivity index (χ2v) is 7.89. The summed E-state index contributed by atoms with van der Waals surface area (Å²) in [5.74, 6) is 1.08. The highest BCUT2D eigenvalue weighted by molar-refractivity contribution is 5.95. The Morgan fingerprint density at radius 3 is 2.10 bits per heavy atom. The van der Waals surface area contributed by atoms with Crippen LogP contribution in [0.3, 0.4) is 0 Å². The van der Waals surface area contributed by atoms with Gasteiger partial charge in [0.1, 0.15) is 5.75 Å². The smallest absolute Gasteiger partial charge is 0.263 e. The van der Waals surface area contributed by atoms with E-state index in [1.54, 1.807) is 11.8 Å². The summed E-state index contributed by atoms with van der Waals surface area (Å²) in [4.78, 5) is 29.3. The monoisotopic (exact) mass is 394 g/mol. The average Bonchev–Trinajstić information content (AvgIpc) is 2.73. The molecule has 1 aliphatic rings. The van der Waals surface area contributed by atoms with E-state index in [0.29, 0.717) is 32.1 Å². The van der Waals surface area contributed by atoms with Crippen LogP contribution in [-0.4, -0.2) is 53.9 Å². The van der Waals surface area contributed by atoms with Crippen LogP contribution in [0.25, 0.3) is 0 Å². The number of carbonyl (C=O) groups is 2. The minimum Gasteiger partial charge on any atom is -0.481 e. The van der Waals surface area contributed by atoms with E-state index in [4.69, 9.17) is 4.74 Å². The highest BCUT2D eigenvalue weighted by Crippen LogP contribution is 2.27. The summed E-state index contributed by atoms with van der Waals surface area (Å²) in [5, 5.41) is 0. The van der Waals surface area contributed by atoms with Crippen molar-refractivity contribution < 1.29 is 14.3 Å². The van der Waals surface area contributed by atoms with Crippen molar-refractivity contribution in [2.24, 2.45) is 0 Å². The summed E-state index contributed by atoms with van der Waals surface area (Å²) in [6, 6.07) is 15.5. The minimum atomic E-state index is -0.562. The van der Waals surface area contributed by atoms with Gasteiger partial charge in [0, 0.05) is 31.7 Å². The first-order valence-electron chi connectivity index (χ1n) is 10.3. The van der Waals surface area contributed by atoms with Gasteiger partial charge in [0.15, 0.2) is 6.10 Å². The summed E-state index contributed by atoms with van der Waals surface area (Å²) in [7, 11) is 0. The number of amides is 2. The lowest BCUT2D eigenvalue weighted by atomic mass is 10.0. The van der Waals surface area contributed by atoms with Gasteiger partial charge in [-0.05, 0) is 43.0 Å². The van der Waals surface area contributed by atoms with Gasteiger partial charge in [-0.25, -0.2) is 0 Å². The Morgan fingerprint density at radius 1 is 0.862 bits per heavy atom. The Bertz CT molecular complexity index is 870. The highest BCUT2D eigenvalue weighted by Gasteiger charge is 2.29. The van der Waals surface area contributed by atoms with Crippen LogP contribution in [0.2, 0.25) is 0 Å². The third-order valence-corrected chi connectivity index (χ3v) is 5.45. The number of benzene rings is 2. The molecule has 0 aromatic heterocycles. The van der Waals surface area contributed by atoms with Crippen molar-refractivity contribution in [3.8, 4) is 5.75 Å². The first-order valence-corrected chi connectivity index (χ1v) is 10.3. The van der Waals surface area contributed by atoms with Crippen LogP contribution in [0.1, 0.15) is 48.2 Å². The molecule has 0 aliphatic carbocycles. The van der Waals surface area contributed by atoms with Crippen LogP contribution >= 0.6 is 0 Å². The van der Waals surface area contributed by atoms with E-state index in [1.807, 2.05) is 60.4 Å². The van der Waals surface area contributed by atoms with Crippen LogP contribution in [0.4, 0.5) is 0 Å². The standard InChI is InChI=1S/C24H30N2O3/c1-17(2)20-10-7-8-12-22(20)29-19(4)23(27)25-13-15-26(16-14-25)24(28)21-11-6-5-9-18(21)3/h5-12,17,19H,13-16H2,1-4H3. The topological polar surface area (TPSA) is 49.9 Å². The van der Waals surface area contributed by atoms with Crippen LogP contribution in [0, 0.1) is 6.92 Å². The Balaban J connectivity index is 1.59. The molecular weight excluding hydrogens is 364 g/mol. The Morgan fingerprint density at radius 2 is 1.45 bits per heavy atom. The van der Waals surface area contributed by atoms with Gasteiger partial charge in [0.25, 0.3) is 11.8 Å². The maximum atomic E-state index is 12.9. The predicted molar refractivity (Wildman–Crippen MR) is 114 cm³/mol. The average molecular weight is 395 g/mol. The molecule has 1 heterocycles. The number of carbonyl (C=O) groups excluding carboxylic acids is 2. The molecule has 1 atom stereocenters. The summed E-state index contributed by atoms with van der Waals surface area (Å²) < 4.78 is 6.01. The molecule has 1 unspecified atom stereocenters. The molecule has 154 valence electrons. The van der Waals surface area contributed by atoms with Gasteiger partial charge in [-0.2, -0.15) is 0 Å². The van der Waals surface area contributed by atoms with Crippen molar-refractivity contribution in [3.63, 3.8) is 0 Å². The highest BCUT2D eigenvalue weighted by atomic mass is 16.5. The summed E-state index contributed by atoms with van der Waals surface area (Å²) >= 11 is 0. The van der Waals surface area contributed by atoms with Crippen molar-refractivity contribution in [3.05, 3.63) is 65.2 Å². The van der Waals surface area contributed by atoms with Crippen molar-refractivity contribution in [2.45, 2.75) is 39.7 Å². The van der Waals surface area contributed by atoms with Crippen LogP contribution in [0.5, 0.6) is 5.75 Å². The van der Waals surface area contributed by atoms with Gasteiger partial charge in [-0.15, -0.1) is 0 Å². The normalized spacial score (nSPS) is 15.3. The first kappa shape index (κ1) is 20.9. The molecule has 0 N–H and O–H groups in total. The largest absolute Gasteiger partial charge is 0.481 e. The third-order valence-electron chi connectivity index (χ3n) is 5.45. The zero-order chi connectivity index (χ0) is 21.0. The summed E-state index contributed by atoms with van der Waals surface area (Å²) in [6.45, 7) is 10.1. The lowest BCUT2D eigenvalue weighted by molar-refractivity contribution is -0.139. The molecule has 0 bridgehead atoms. The van der Waals surface area contributed by atoms with Gasteiger partial charge in [0.2, 0.25) is 0 Å². The molecule has 2 aromatic carbocycles. The Hall–Kier alpha value is -2.82. The molecule has 3 rings (SSSR count). The molecular formula is C24H30N2O3. The lowest BCUT2D eigenvalue weighted by Gasteiger charge is -2.36. The molecule has 2 amide bonds. The third kappa shape index (κ3) is 4.78. The van der Waals surface area contributed by atoms with E-state index in [-0.39, 0.29) is 11.8 Å². The molecule has 2 aromatic rings. The van der Waals surface area contributed by atoms with Gasteiger partial charge in [0.05, 0.1) is 0 Å². The number of aryl methyl sites for hydroxylation is 1. The van der Waals surface area contributed by atoms with E-state index in [2.05, 4.69) is 13.8 Å². The quantitative estimate of drug-likeness (QED) is 0.774. The van der Waals surface area contributed by atoms with E-state index in [1.165, 1.54) is 0 Å². The second kappa shape index (κ2) is 9.12. The molecule has 1 aliphatic heterocycles. The Labute approximate surface area is 173 Å². The van der Waals surface area contributed by atoms with Gasteiger partial charge >= 0.3 is 0 Å². The molecule has 0 spiro atoms. The van der Waals surface area contributed by atoms with E-state index in [9.17, 15) is 9.59 Å². The van der Waals surface area contributed by atoms with E-state index in [0.717, 1.165) is 22.4 Å². The number of nitrogens with zero attached hydrogens (tertiary/aromatic N) is 2. The summed E-state index contributed by atoms with van der Waals surface area (Å²) in [5.41, 5.74) is 2.80. The fourth-order valence-corrected chi connectivity index (χ4v) is 3.68. The van der Waals surface area contributed by atoms with E-state index >= 15 is 0 Å². The van der Waals surface area contributed by atoms with Crippen molar-refractivity contribution >= 4 is 11.8 Å². The van der Waals surface area contributed by atoms with Crippen molar-refractivity contribution in [1.29, 1.82) is 0 Å². The molecule has 29 heavy (non-hydrogen) atoms. The number of piperazine rings is 1. The molecule has 1 fully saturated rings. The summed E-state index contributed by atoms with van der Waals surface area (Å²) in [6.07, 6.45) is -0.562. The molecule has 1 saturated heterocycles. The van der Waals surface area contributed by atoms with Crippen molar-refractivity contribution in [2.75, 3.05) is 26.2 Å². The molecule has 0 saturated carbocycles. The first-order chi connectivity index (χ1) is 13.9. The van der Waals surface area contributed by atoms with E-state index < -0.39 is 6.10 Å². The van der Waals surface area contributed by atoms with Crippen LogP contribution in [0.15, 0.2) is 48.5 Å². The number of ether oxygens (including phenoxy) is 1. The lowest BCUT2D eigenvalue weighted by Crippen LogP contribution is -2.53. The number of hydrogen-bond donors (Lipinski definition) is 0. The van der Waals surface area contributed by atoms with Crippen LogP contribution < -0.4 is 4.74 Å². The van der Waals surface area contributed by atoms with Gasteiger partial charge < -0.3 is 14.5 Å². The fourth-order valence-electron chi connectivity index (χ4n) is 3.68. The maximum Gasteiger partial charge on any atom is 0.263 e. The second-order valence-electron chi connectivity index (χ2n) is 7.89. The number of rotatable bonds is 5. The number of hydrogen-bond acceptors (Lipinski definition) is 3. The predicted octanol–water partition coefficient (Wildman–Crippen LogP) is 3.87. The fraction of sp³-hybridized carbons (Fsp3) is 0.417. The van der Waals surface area contributed by atoms with Crippen LogP contribution in [-0.2, 0) is 4.79 Å². The minimum absolute atomic E-state index is 0.0327. The molecule has 0 radical (unpaired) electrons. The Kier molecular flexibility index (Phi) is 6.57. The zero-order valence-electron chi connectivity index (χ0n) is 17.7. The maximum absolute atomic E-state index is 12.9. The SMILES string of the molecule is Cc1ccccc1C(=O)N1CCN(C(=O)C(C)Oc2ccccc2C(C)C)CC1. The van der Waals surface area contributed by atoms with Gasteiger partial charge in [-0.3, -0.25) is 9.59 Å².